The summed E-state index contributed by atoms with van der Waals surface area (Å²) in [6.07, 6.45) is 83.8. The second-order valence-corrected chi connectivity index (χ2v) is 24.2. The van der Waals surface area contributed by atoms with Gasteiger partial charge in [-0.25, -0.2) is 0 Å². The number of nitrogens with one attached hydrogen (secondary N) is 1. The minimum Gasteiger partial charge on any atom is -0.466 e. The van der Waals surface area contributed by atoms with Crippen LogP contribution in [0.5, 0.6) is 0 Å². The molecule has 0 heterocycles. The molecule has 6 nitrogen and oxygen atoms in total. The predicted molar refractivity (Wildman–Crippen MR) is 338 cm³/mol. The number of hydrogen-bond donors (Lipinski definition) is 3. The maximum atomic E-state index is 12.4. The van der Waals surface area contributed by atoms with Crippen LogP contribution in [0.3, 0.4) is 0 Å². The average Bonchev–Trinajstić information content (AvgIpc) is 3.43. The number of carbonyl (C=O) groups excluding carboxylic acids is 2. The summed E-state index contributed by atoms with van der Waals surface area (Å²) in [6.45, 7) is 4.97. The number of unbranched alkanes of at least 4 members (excludes halogenated alkanes) is 51. The minimum absolute atomic E-state index is 0.0186. The molecule has 77 heavy (non-hydrogen) atoms. The highest BCUT2D eigenvalue weighted by Crippen LogP contribution is 2.19. The second kappa shape index (κ2) is 66.8. The fraction of sp³-hybridized carbons (Fsp3) is 0.915. The Labute approximate surface area is 481 Å². The van der Waals surface area contributed by atoms with Crippen LogP contribution in [0.15, 0.2) is 24.3 Å². The molecule has 0 aromatic carbocycles. The Morgan fingerprint density at radius 1 is 0.364 bits per heavy atom. The standard InChI is InChI=1S/C71H137NO5/c1-3-5-7-9-11-13-15-16-17-18-32-36-39-42-45-49-53-57-61-65-71(76)77-66-62-58-54-50-46-43-40-37-34-31-29-27-25-23-21-19-20-22-24-26-28-30-33-35-38-41-44-48-52-56-60-64-70(75)72-68(67-73)69(74)63-59-55-51-47-14-12-10-8-6-4-2/h21,23,27,29,68-69,73-74H,3-20,22,24-26,28,30-67H2,1-2H3,(H,72,75)/b23-21-,29-27-. The molecule has 0 aromatic rings. The highest BCUT2D eigenvalue weighted by atomic mass is 16.5. The first kappa shape index (κ1) is 75.3. The van der Waals surface area contributed by atoms with Crippen LogP contribution < -0.4 is 5.32 Å². The predicted octanol–water partition coefficient (Wildman–Crippen LogP) is 22.5. The van der Waals surface area contributed by atoms with E-state index < -0.39 is 12.1 Å². The largest absolute Gasteiger partial charge is 0.466 e. The molecule has 0 bridgehead atoms. The zero-order chi connectivity index (χ0) is 55.7. The van der Waals surface area contributed by atoms with E-state index in [0.717, 1.165) is 44.9 Å². The zero-order valence-corrected chi connectivity index (χ0v) is 52.2. The topological polar surface area (TPSA) is 95.9 Å². The summed E-state index contributed by atoms with van der Waals surface area (Å²) in [5, 5.41) is 23.2. The normalized spacial score (nSPS) is 12.6. The van der Waals surface area contributed by atoms with Crippen molar-refractivity contribution >= 4 is 11.9 Å². The number of amides is 1. The van der Waals surface area contributed by atoms with Crippen LogP contribution in [0.1, 0.15) is 393 Å². The van der Waals surface area contributed by atoms with Gasteiger partial charge in [-0.1, -0.05) is 346 Å². The van der Waals surface area contributed by atoms with Gasteiger partial charge in [-0.05, 0) is 57.8 Å². The average molecular weight is 1080 g/mol. The van der Waals surface area contributed by atoms with Crippen LogP contribution in [-0.2, 0) is 14.3 Å². The second-order valence-electron chi connectivity index (χ2n) is 24.2. The van der Waals surface area contributed by atoms with Gasteiger partial charge in [0, 0.05) is 12.8 Å². The number of aliphatic hydroxyl groups is 2. The zero-order valence-electron chi connectivity index (χ0n) is 52.2. The fourth-order valence-electron chi connectivity index (χ4n) is 11.1. The molecule has 3 N–H and O–H groups in total. The fourth-order valence-corrected chi connectivity index (χ4v) is 11.1. The van der Waals surface area contributed by atoms with E-state index in [0.29, 0.717) is 25.9 Å². The van der Waals surface area contributed by atoms with Gasteiger partial charge in [-0.15, -0.1) is 0 Å². The lowest BCUT2D eigenvalue weighted by Gasteiger charge is -2.22. The lowest BCUT2D eigenvalue weighted by molar-refractivity contribution is -0.143. The minimum atomic E-state index is -0.662. The molecule has 0 aliphatic rings. The Balaban J connectivity index is 3.34. The van der Waals surface area contributed by atoms with Crippen LogP contribution in [0.4, 0.5) is 0 Å². The van der Waals surface area contributed by atoms with Gasteiger partial charge >= 0.3 is 5.97 Å². The molecule has 0 rings (SSSR count). The SMILES string of the molecule is CCCCCCCCCCCCCCCCCCCCCC(=O)OCCCCCCCCCCC/C=C\C/C=C\CCCCCCCCCCCCCCCCCC(=O)NC(CO)C(O)CCCCCCCCCCCC. The summed E-state index contributed by atoms with van der Waals surface area (Å²) in [7, 11) is 0. The number of rotatable bonds is 66. The Kier molecular flexibility index (Phi) is 65.4. The van der Waals surface area contributed by atoms with Crippen LogP contribution in [0, 0.1) is 0 Å². The Morgan fingerprint density at radius 2 is 0.649 bits per heavy atom. The van der Waals surface area contributed by atoms with Gasteiger partial charge in [-0.2, -0.15) is 0 Å². The number of ether oxygens (including phenoxy) is 1. The van der Waals surface area contributed by atoms with Gasteiger partial charge in [0.1, 0.15) is 0 Å². The molecule has 0 saturated heterocycles. The Morgan fingerprint density at radius 3 is 0.987 bits per heavy atom. The third-order valence-corrected chi connectivity index (χ3v) is 16.5. The van der Waals surface area contributed by atoms with Crippen LogP contribution in [0.2, 0.25) is 0 Å². The molecule has 0 spiro atoms. The quantitative estimate of drug-likeness (QED) is 0.0320. The molecule has 1 amide bonds. The molecule has 2 atom stereocenters. The summed E-state index contributed by atoms with van der Waals surface area (Å²) in [4.78, 5) is 24.6. The molecule has 0 radical (unpaired) electrons. The highest BCUT2D eigenvalue weighted by Gasteiger charge is 2.20. The van der Waals surface area contributed by atoms with E-state index in [4.69, 9.17) is 4.74 Å². The summed E-state index contributed by atoms with van der Waals surface area (Å²) < 4.78 is 5.51. The van der Waals surface area contributed by atoms with Crippen LogP contribution in [-0.4, -0.2) is 47.4 Å². The van der Waals surface area contributed by atoms with Crippen LogP contribution >= 0.6 is 0 Å². The number of hydrogen-bond acceptors (Lipinski definition) is 5. The first-order valence-corrected chi connectivity index (χ1v) is 35.1. The van der Waals surface area contributed by atoms with Gasteiger partial charge in [0.25, 0.3) is 0 Å². The molecule has 6 heteroatoms. The van der Waals surface area contributed by atoms with Crippen molar-refractivity contribution in [3.05, 3.63) is 24.3 Å². The maximum absolute atomic E-state index is 12.4. The Bertz CT molecular complexity index is 1200. The number of esters is 1. The van der Waals surface area contributed by atoms with E-state index in [1.54, 1.807) is 0 Å². The van der Waals surface area contributed by atoms with Crippen molar-refractivity contribution in [2.45, 2.75) is 405 Å². The third-order valence-electron chi connectivity index (χ3n) is 16.5. The van der Waals surface area contributed by atoms with Crippen molar-refractivity contribution in [3.63, 3.8) is 0 Å². The van der Waals surface area contributed by atoms with Gasteiger partial charge < -0.3 is 20.3 Å². The van der Waals surface area contributed by atoms with Crippen molar-refractivity contribution in [1.82, 2.24) is 5.32 Å². The third kappa shape index (κ3) is 63.4. The van der Waals surface area contributed by atoms with E-state index >= 15 is 0 Å². The van der Waals surface area contributed by atoms with Crippen LogP contribution in [0.25, 0.3) is 0 Å². The van der Waals surface area contributed by atoms with Gasteiger partial charge in [-0.3, -0.25) is 9.59 Å². The van der Waals surface area contributed by atoms with Gasteiger partial charge in [0.2, 0.25) is 5.91 Å². The van der Waals surface area contributed by atoms with Gasteiger partial charge in [0.15, 0.2) is 0 Å². The number of carbonyl (C=O) groups is 2. The molecule has 0 aliphatic carbocycles. The van der Waals surface area contributed by atoms with Crippen molar-refractivity contribution < 1.29 is 24.5 Å². The summed E-state index contributed by atoms with van der Waals surface area (Å²) in [5.41, 5.74) is 0. The highest BCUT2D eigenvalue weighted by molar-refractivity contribution is 5.76. The van der Waals surface area contributed by atoms with E-state index in [1.807, 2.05) is 0 Å². The molecular weight excluding hydrogens is 947 g/mol. The molecule has 0 aliphatic heterocycles. The molecule has 0 saturated carbocycles. The first-order chi connectivity index (χ1) is 38.0. The first-order valence-electron chi connectivity index (χ1n) is 35.1. The monoisotopic (exact) mass is 1080 g/mol. The van der Waals surface area contributed by atoms with Crippen molar-refractivity contribution in [2.24, 2.45) is 0 Å². The molecule has 0 fully saturated rings. The van der Waals surface area contributed by atoms with Crippen molar-refractivity contribution in [2.75, 3.05) is 13.2 Å². The van der Waals surface area contributed by atoms with Crippen molar-refractivity contribution in [3.8, 4) is 0 Å². The lowest BCUT2D eigenvalue weighted by Crippen LogP contribution is -2.45. The van der Waals surface area contributed by atoms with E-state index in [9.17, 15) is 19.8 Å². The summed E-state index contributed by atoms with van der Waals surface area (Å²) >= 11 is 0. The Hall–Kier alpha value is -1.66. The van der Waals surface area contributed by atoms with E-state index in [-0.39, 0.29) is 18.5 Å². The number of allylic oxidation sites excluding steroid dienone is 4. The van der Waals surface area contributed by atoms with E-state index in [2.05, 4.69) is 43.5 Å². The number of aliphatic hydroxyl groups excluding tert-OH is 2. The molecule has 456 valence electrons. The van der Waals surface area contributed by atoms with Crippen molar-refractivity contribution in [1.29, 1.82) is 0 Å². The maximum Gasteiger partial charge on any atom is 0.305 e. The summed E-state index contributed by atoms with van der Waals surface area (Å²) in [6, 6.07) is -0.539. The summed E-state index contributed by atoms with van der Waals surface area (Å²) in [5.74, 6) is -0.0158. The molecule has 0 aromatic heterocycles. The van der Waals surface area contributed by atoms with Gasteiger partial charge in [0.05, 0.1) is 25.4 Å². The van der Waals surface area contributed by atoms with E-state index in [1.165, 1.54) is 315 Å². The smallest absolute Gasteiger partial charge is 0.305 e. The molecular formula is C71H137NO5. The molecule has 2 unspecified atom stereocenters. The lowest BCUT2D eigenvalue weighted by atomic mass is 10.0.